The molecule has 114 valence electrons. The fourth-order valence-corrected chi connectivity index (χ4v) is 5.22. The van der Waals surface area contributed by atoms with Gasteiger partial charge in [-0.15, -0.1) is 0 Å². The number of hydrogen-bond donors (Lipinski definition) is 1. The van der Waals surface area contributed by atoms with Crippen LogP contribution < -0.4 is 0 Å². The van der Waals surface area contributed by atoms with E-state index in [2.05, 4.69) is 0 Å². The lowest BCUT2D eigenvalue weighted by molar-refractivity contribution is 0.245. The summed E-state index contributed by atoms with van der Waals surface area (Å²) in [5.41, 5.74) is 0.392. The average molecular weight is 301 g/mol. The van der Waals surface area contributed by atoms with Crippen molar-refractivity contribution in [3.63, 3.8) is 0 Å². The average Bonchev–Trinajstić information content (AvgIpc) is 2.73. The van der Waals surface area contributed by atoms with Gasteiger partial charge in [-0.3, -0.25) is 0 Å². The summed E-state index contributed by atoms with van der Waals surface area (Å²) < 4.78 is 32.9. The van der Waals surface area contributed by atoms with E-state index in [1.54, 1.807) is 18.2 Å². The molecule has 0 radical (unpaired) electrons. The molecule has 1 N–H and O–H groups in total. The Morgan fingerprint density at radius 2 is 2.00 bits per heavy atom. The number of furan rings is 1. The van der Waals surface area contributed by atoms with Crippen molar-refractivity contribution in [2.45, 2.75) is 64.0 Å². The topological polar surface area (TPSA) is 70.8 Å². The second-order valence-electron chi connectivity index (χ2n) is 5.35. The molecule has 2 rings (SSSR count). The standard InChI is InChI=1S/C14H23NO4S/c1-4-12-7-5-6-8-15(12)20(17,18)14-11(3)19-10(2)13(14)9-16/h12,16H,4-9H2,1-3H3. The number of aryl methyl sites for hydroxylation is 2. The number of nitrogens with zero attached hydrogens (tertiary/aromatic N) is 1. The molecule has 5 nitrogen and oxygen atoms in total. The van der Waals surface area contributed by atoms with Crippen LogP contribution in [0.2, 0.25) is 0 Å². The van der Waals surface area contributed by atoms with Crippen LogP contribution in [0.5, 0.6) is 0 Å². The lowest BCUT2D eigenvalue weighted by Gasteiger charge is -2.34. The molecule has 1 aromatic heterocycles. The Balaban J connectivity index is 2.49. The van der Waals surface area contributed by atoms with Crippen molar-refractivity contribution in [1.82, 2.24) is 4.31 Å². The predicted octanol–water partition coefficient (Wildman–Crippen LogP) is 2.34. The third kappa shape index (κ3) is 2.52. The van der Waals surface area contributed by atoms with Crippen LogP contribution in [0.3, 0.4) is 0 Å². The number of piperidine rings is 1. The molecule has 0 aromatic carbocycles. The number of rotatable bonds is 4. The molecular weight excluding hydrogens is 278 g/mol. The highest BCUT2D eigenvalue weighted by atomic mass is 32.2. The molecule has 0 spiro atoms. The van der Waals surface area contributed by atoms with Crippen LogP contribution in [-0.2, 0) is 16.6 Å². The first-order valence-corrected chi connectivity index (χ1v) is 8.59. The highest BCUT2D eigenvalue weighted by molar-refractivity contribution is 7.89. The monoisotopic (exact) mass is 301 g/mol. The van der Waals surface area contributed by atoms with Crippen molar-refractivity contribution in [1.29, 1.82) is 0 Å². The van der Waals surface area contributed by atoms with E-state index in [-0.39, 0.29) is 17.5 Å². The van der Waals surface area contributed by atoms with Crippen LogP contribution in [-0.4, -0.2) is 30.4 Å². The first-order valence-electron chi connectivity index (χ1n) is 7.15. The Morgan fingerprint density at radius 1 is 1.30 bits per heavy atom. The molecule has 1 aromatic rings. The Bertz CT molecular complexity index is 576. The van der Waals surface area contributed by atoms with Gasteiger partial charge in [-0.2, -0.15) is 4.31 Å². The summed E-state index contributed by atoms with van der Waals surface area (Å²) in [7, 11) is -3.60. The van der Waals surface area contributed by atoms with Gasteiger partial charge in [0, 0.05) is 18.2 Å². The van der Waals surface area contributed by atoms with Crippen LogP contribution in [0, 0.1) is 13.8 Å². The van der Waals surface area contributed by atoms with E-state index in [1.807, 2.05) is 6.92 Å². The molecule has 0 bridgehead atoms. The maximum absolute atomic E-state index is 12.9. The number of sulfonamides is 1. The van der Waals surface area contributed by atoms with Gasteiger partial charge in [-0.25, -0.2) is 8.42 Å². The lowest BCUT2D eigenvalue weighted by atomic mass is 10.0. The minimum Gasteiger partial charge on any atom is -0.465 e. The zero-order valence-corrected chi connectivity index (χ0v) is 13.2. The molecule has 1 aliphatic heterocycles. The van der Waals surface area contributed by atoms with Gasteiger partial charge >= 0.3 is 0 Å². The van der Waals surface area contributed by atoms with E-state index in [0.717, 1.165) is 25.7 Å². The van der Waals surface area contributed by atoms with Gasteiger partial charge < -0.3 is 9.52 Å². The second kappa shape index (κ2) is 5.87. The first-order chi connectivity index (χ1) is 9.43. The van der Waals surface area contributed by atoms with Gasteiger partial charge in [-0.05, 0) is 33.1 Å². The molecule has 0 amide bonds. The summed E-state index contributed by atoms with van der Waals surface area (Å²) in [6.45, 7) is 5.58. The van der Waals surface area contributed by atoms with Crippen molar-refractivity contribution in [3.05, 3.63) is 17.1 Å². The van der Waals surface area contributed by atoms with E-state index in [0.29, 0.717) is 23.6 Å². The van der Waals surface area contributed by atoms with Gasteiger partial charge in [0.05, 0.1) is 6.61 Å². The Labute approximate surface area is 120 Å². The van der Waals surface area contributed by atoms with Crippen molar-refractivity contribution >= 4 is 10.0 Å². The van der Waals surface area contributed by atoms with Gasteiger partial charge in [0.15, 0.2) is 0 Å². The molecule has 0 aliphatic carbocycles. The van der Waals surface area contributed by atoms with Gasteiger partial charge in [-0.1, -0.05) is 13.3 Å². The second-order valence-corrected chi connectivity index (χ2v) is 7.18. The van der Waals surface area contributed by atoms with Crippen molar-refractivity contribution in [3.8, 4) is 0 Å². The van der Waals surface area contributed by atoms with E-state index >= 15 is 0 Å². The fourth-order valence-electron chi connectivity index (χ4n) is 3.05. The minimum absolute atomic E-state index is 0.0508. The summed E-state index contributed by atoms with van der Waals surface area (Å²) in [6, 6.07) is 0.0508. The summed E-state index contributed by atoms with van der Waals surface area (Å²) in [5.74, 6) is 0.848. The van der Waals surface area contributed by atoms with Crippen molar-refractivity contribution in [2.75, 3.05) is 6.54 Å². The third-order valence-electron chi connectivity index (χ3n) is 4.09. The summed E-state index contributed by atoms with van der Waals surface area (Å²) in [4.78, 5) is 0.165. The normalized spacial score (nSPS) is 21.3. The molecule has 1 saturated heterocycles. The molecule has 20 heavy (non-hydrogen) atoms. The molecule has 1 fully saturated rings. The van der Waals surface area contributed by atoms with Crippen LogP contribution >= 0.6 is 0 Å². The quantitative estimate of drug-likeness (QED) is 0.926. The summed E-state index contributed by atoms with van der Waals surface area (Å²) in [6.07, 6.45) is 3.67. The van der Waals surface area contributed by atoms with Crippen LogP contribution in [0.25, 0.3) is 0 Å². The zero-order chi connectivity index (χ0) is 14.9. The van der Waals surface area contributed by atoms with E-state index in [9.17, 15) is 13.5 Å². The SMILES string of the molecule is CCC1CCCCN1S(=O)(=O)c1c(C)oc(C)c1CO. The lowest BCUT2D eigenvalue weighted by Crippen LogP contribution is -2.43. The van der Waals surface area contributed by atoms with Crippen LogP contribution in [0.4, 0.5) is 0 Å². The summed E-state index contributed by atoms with van der Waals surface area (Å²) in [5, 5.41) is 9.45. The number of aliphatic hydroxyl groups excluding tert-OH is 1. The molecule has 6 heteroatoms. The fraction of sp³-hybridized carbons (Fsp3) is 0.714. The zero-order valence-electron chi connectivity index (χ0n) is 12.3. The smallest absolute Gasteiger partial charge is 0.247 e. The molecular formula is C14H23NO4S. The molecule has 0 saturated carbocycles. The summed E-state index contributed by atoms with van der Waals surface area (Å²) >= 11 is 0. The van der Waals surface area contributed by atoms with Gasteiger partial charge in [0.2, 0.25) is 10.0 Å². The van der Waals surface area contributed by atoms with Crippen LogP contribution in [0.1, 0.15) is 49.7 Å². The Hall–Kier alpha value is -0.850. The van der Waals surface area contributed by atoms with Gasteiger partial charge in [0.1, 0.15) is 16.4 Å². The highest BCUT2D eigenvalue weighted by Crippen LogP contribution is 2.33. The largest absolute Gasteiger partial charge is 0.465 e. The van der Waals surface area contributed by atoms with E-state index in [4.69, 9.17) is 4.42 Å². The maximum Gasteiger partial charge on any atom is 0.247 e. The Morgan fingerprint density at radius 3 is 2.60 bits per heavy atom. The Kier molecular flexibility index (Phi) is 4.56. The first kappa shape index (κ1) is 15.5. The van der Waals surface area contributed by atoms with Crippen molar-refractivity contribution < 1.29 is 17.9 Å². The molecule has 1 atom stereocenters. The highest BCUT2D eigenvalue weighted by Gasteiger charge is 2.36. The van der Waals surface area contributed by atoms with Crippen LogP contribution in [0.15, 0.2) is 9.31 Å². The molecule has 2 heterocycles. The third-order valence-corrected chi connectivity index (χ3v) is 6.24. The van der Waals surface area contributed by atoms with Crippen molar-refractivity contribution in [2.24, 2.45) is 0 Å². The molecule has 1 aliphatic rings. The van der Waals surface area contributed by atoms with E-state index in [1.165, 1.54) is 0 Å². The number of hydrogen-bond acceptors (Lipinski definition) is 4. The van der Waals surface area contributed by atoms with E-state index < -0.39 is 10.0 Å². The minimum atomic E-state index is -3.60. The predicted molar refractivity (Wildman–Crippen MR) is 75.9 cm³/mol. The van der Waals surface area contributed by atoms with Gasteiger partial charge in [0.25, 0.3) is 0 Å². The maximum atomic E-state index is 12.9. The molecule has 1 unspecified atom stereocenters. The number of aliphatic hydroxyl groups is 1.